The second kappa shape index (κ2) is 8.44. The van der Waals surface area contributed by atoms with Gasteiger partial charge in [0.1, 0.15) is 0 Å². The van der Waals surface area contributed by atoms with Gasteiger partial charge in [-0.15, -0.1) is 11.3 Å². The van der Waals surface area contributed by atoms with Crippen molar-refractivity contribution in [2.45, 2.75) is 0 Å². The molecule has 0 atom stereocenters. The van der Waals surface area contributed by atoms with E-state index in [1.807, 2.05) is 11.3 Å². The summed E-state index contributed by atoms with van der Waals surface area (Å²) in [4.78, 5) is 0. The van der Waals surface area contributed by atoms with Crippen molar-refractivity contribution in [2.24, 2.45) is 0 Å². The zero-order valence-corrected chi connectivity index (χ0v) is 21.4. The van der Waals surface area contributed by atoms with E-state index in [9.17, 15) is 0 Å². The van der Waals surface area contributed by atoms with Crippen LogP contribution in [0.2, 0.25) is 0 Å². The summed E-state index contributed by atoms with van der Waals surface area (Å²) in [6.45, 7) is 0. The third-order valence-electron chi connectivity index (χ3n) is 7.59. The average molecular weight is 502 g/mol. The first kappa shape index (κ1) is 21.4. The quantitative estimate of drug-likeness (QED) is 0.254. The number of hydrogen-bond acceptors (Lipinski definition) is 2. The minimum Gasteiger partial charge on any atom is -0.356 e. The van der Waals surface area contributed by atoms with E-state index in [-0.39, 0.29) is 0 Å². The maximum Gasteiger partial charge on any atom is 0.0440 e. The standard InChI is InChI=1S/C36H23NS/c1-2-9-26-21-29(19-13-23(26)7-1)37-28-17-14-25(15-18-28)33-22-27-10-4-5-11-30(27)34-32-20-16-24-8-3-6-12-31(24)35(32)38-36(33)34/h1-22,37H. The summed E-state index contributed by atoms with van der Waals surface area (Å²) >= 11 is 1.92. The molecule has 0 unspecified atom stereocenters. The van der Waals surface area contributed by atoms with Crippen LogP contribution in [0.5, 0.6) is 0 Å². The molecule has 38 heavy (non-hydrogen) atoms. The first-order valence-electron chi connectivity index (χ1n) is 12.9. The van der Waals surface area contributed by atoms with Gasteiger partial charge < -0.3 is 5.32 Å². The Bertz CT molecular complexity index is 2150. The van der Waals surface area contributed by atoms with Crippen LogP contribution in [0.15, 0.2) is 133 Å². The summed E-state index contributed by atoms with van der Waals surface area (Å²) < 4.78 is 2.72. The summed E-state index contributed by atoms with van der Waals surface area (Å²) in [6, 6.07) is 48.3. The van der Waals surface area contributed by atoms with E-state index < -0.39 is 0 Å². The van der Waals surface area contributed by atoms with E-state index in [0.717, 1.165) is 11.4 Å². The molecule has 2 heteroatoms. The Balaban J connectivity index is 1.28. The van der Waals surface area contributed by atoms with Crippen molar-refractivity contribution >= 4 is 75.2 Å². The second-order valence-electron chi connectivity index (χ2n) is 9.88. The van der Waals surface area contributed by atoms with Gasteiger partial charge in [0.05, 0.1) is 0 Å². The number of benzene rings is 7. The van der Waals surface area contributed by atoms with Crippen LogP contribution in [0.1, 0.15) is 0 Å². The third kappa shape index (κ3) is 3.38. The summed E-state index contributed by atoms with van der Waals surface area (Å²) in [5.74, 6) is 0. The van der Waals surface area contributed by atoms with Gasteiger partial charge in [-0.25, -0.2) is 0 Å². The van der Waals surface area contributed by atoms with E-state index in [2.05, 4.69) is 139 Å². The van der Waals surface area contributed by atoms with E-state index in [4.69, 9.17) is 0 Å². The van der Waals surface area contributed by atoms with Gasteiger partial charge in [-0.3, -0.25) is 0 Å². The Hall–Kier alpha value is -4.66. The van der Waals surface area contributed by atoms with Gasteiger partial charge in [0, 0.05) is 37.1 Å². The summed E-state index contributed by atoms with van der Waals surface area (Å²) in [5, 5.41) is 14.0. The van der Waals surface area contributed by atoms with Crippen molar-refractivity contribution in [3.05, 3.63) is 133 Å². The number of anilines is 2. The largest absolute Gasteiger partial charge is 0.356 e. The Morgan fingerprint density at radius 1 is 0.421 bits per heavy atom. The molecule has 1 nitrogen and oxygen atoms in total. The summed E-state index contributed by atoms with van der Waals surface area (Å²) in [5.41, 5.74) is 4.71. The van der Waals surface area contributed by atoms with Gasteiger partial charge in [0.15, 0.2) is 0 Å². The van der Waals surface area contributed by atoms with Gasteiger partial charge in [0.2, 0.25) is 0 Å². The fourth-order valence-corrected chi connectivity index (χ4v) is 7.12. The first-order chi connectivity index (χ1) is 18.8. The second-order valence-corrected chi connectivity index (χ2v) is 10.9. The minimum absolute atomic E-state index is 1.09. The Labute approximate surface area is 224 Å². The molecule has 0 bridgehead atoms. The van der Waals surface area contributed by atoms with Gasteiger partial charge in [-0.05, 0) is 68.2 Å². The molecule has 7 aromatic carbocycles. The van der Waals surface area contributed by atoms with Crippen molar-refractivity contribution in [1.29, 1.82) is 0 Å². The zero-order chi connectivity index (χ0) is 25.1. The van der Waals surface area contributed by atoms with E-state index in [1.165, 1.54) is 63.6 Å². The highest BCUT2D eigenvalue weighted by Gasteiger charge is 2.16. The highest BCUT2D eigenvalue weighted by molar-refractivity contribution is 7.27. The van der Waals surface area contributed by atoms with Crippen LogP contribution in [-0.2, 0) is 0 Å². The predicted molar refractivity (Wildman–Crippen MR) is 167 cm³/mol. The highest BCUT2D eigenvalue weighted by atomic mass is 32.1. The van der Waals surface area contributed by atoms with E-state index >= 15 is 0 Å². The smallest absolute Gasteiger partial charge is 0.0440 e. The monoisotopic (exact) mass is 501 g/mol. The van der Waals surface area contributed by atoms with Crippen LogP contribution >= 0.6 is 11.3 Å². The van der Waals surface area contributed by atoms with Crippen molar-refractivity contribution in [3.8, 4) is 11.1 Å². The lowest BCUT2D eigenvalue weighted by atomic mass is 9.96. The maximum atomic E-state index is 3.59. The molecule has 0 amide bonds. The predicted octanol–water partition coefficient (Wildman–Crippen LogP) is 10.9. The maximum absolute atomic E-state index is 3.59. The molecule has 1 heterocycles. The zero-order valence-electron chi connectivity index (χ0n) is 20.6. The van der Waals surface area contributed by atoms with Crippen molar-refractivity contribution < 1.29 is 0 Å². The molecule has 0 radical (unpaired) electrons. The molecular weight excluding hydrogens is 478 g/mol. The number of hydrogen-bond donors (Lipinski definition) is 1. The van der Waals surface area contributed by atoms with Crippen LogP contribution in [0.4, 0.5) is 11.4 Å². The van der Waals surface area contributed by atoms with Crippen LogP contribution in [-0.4, -0.2) is 0 Å². The molecule has 0 spiro atoms. The third-order valence-corrected chi connectivity index (χ3v) is 8.86. The number of thiophene rings is 1. The Kier molecular flexibility index (Phi) is 4.76. The molecule has 1 N–H and O–H groups in total. The lowest BCUT2D eigenvalue weighted by molar-refractivity contribution is 1.56. The molecule has 0 fully saturated rings. The topological polar surface area (TPSA) is 12.0 Å². The molecular formula is C36H23NS. The fourth-order valence-electron chi connectivity index (χ4n) is 5.74. The van der Waals surface area contributed by atoms with Crippen LogP contribution in [0.3, 0.4) is 0 Å². The molecule has 8 rings (SSSR count). The summed E-state index contributed by atoms with van der Waals surface area (Å²) in [6.07, 6.45) is 0. The van der Waals surface area contributed by atoms with Crippen molar-refractivity contribution in [2.75, 3.05) is 5.32 Å². The SMILES string of the molecule is c1ccc2cc(Nc3ccc(-c4cc5ccccc5c5c4sc4c6ccccc6ccc45)cc3)ccc2c1. The summed E-state index contributed by atoms with van der Waals surface area (Å²) in [7, 11) is 0. The van der Waals surface area contributed by atoms with Gasteiger partial charge in [0.25, 0.3) is 0 Å². The minimum atomic E-state index is 1.09. The molecule has 1 aromatic heterocycles. The van der Waals surface area contributed by atoms with Gasteiger partial charge in [-0.2, -0.15) is 0 Å². The Morgan fingerprint density at radius 3 is 1.92 bits per heavy atom. The normalized spacial score (nSPS) is 11.7. The van der Waals surface area contributed by atoms with Crippen LogP contribution in [0.25, 0.3) is 63.6 Å². The van der Waals surface area contributed by atoms with Crippen molar-refractivity contribution in [1.82, 2.24) is 0 Å². The van der Waals surface area contributed by atoms with Gasteiger partial charge in [-0.1, -0.05) is 103 Å². The molecule has 178 valence electrons. The van der Waals surface area contributed by atoms with Crippen LogP contribution < -0.4 is 5.32 Å². The van der Waals surface area contributed by atoms with Crippen molar-refractivity contribution in [3.63, 3.8) is 0 Å². The van der Waals surface area contributed by atoms with E-state index in [1.54, 1.807) is 0 Å². The molecule has 0 aliphatic carbocycles. The average Bonchev–Trinajstić information content (AvgIpc) is 3.38. The molecule has 0 saturated heterocycles. The van der Waals surface area contributed by atoms with E-state index in [0.29, 0.717) is 0 Å². The molecule has 0 aliphatic heterocycles. The Morgan fingerprint density at radius 2 is 1.08 bits per heavy atom. The highest BCUT2D eigenvalue weighted by Crippen LogP contribution is 2.46. The lowest BCUT2D eigenvalue weighted by Gasteiger charge is -2.11. The molecule has 0 saturated carbocycles. The lowest BCUT2D eigenvalue weighted by Crippen LogP contribution is -1.90. The number of rotatable bonds is 3. The molecule has 0 aliphatic rings. The fraction of sp³-hybridized carbons (Fsp3) is 0. The first-order valence-corrected chi connectivity index (χ1v) is 13.8. The number of nitrogens with one attached hydrogen (secondary N) is 1. The van der Waals surface area contributed by atoms with Gasteiger partial charge >= 0.3 is 0 Å². The van der Waals surface area contributed by atoms with Crippen LogP contribution in [0, 0.1) is 0 Å². The number of fused-ring (bicyclic) bond motifs is 8. The molecule has 8 aromatic rings.